The lowest BCUT2D eigenvalue weighted by molar-refractivity contribution is 0.334. The molecule has 27 heavy (non-hydrogen) atoms. The minimum atomic E-state index is 0.225. The van der Waals surface area contributed by atoms with Crippen LogP contribution in [0.2, 0.25) is 0 Å². The van der Waals surface area contributed by atoms with Crippen molar-refractivity contribution in [3.8, 4) is 11.5 Å². The predicted molar refractivity (Wildman–Crippen MR) is 102 cm³/mol. The summed E-state index contributed by atoms with van der Waals surface area (Å²) in [7, 11) is 0. The second kappa shape index (κ2) is 7.07. The van der Waals surface area contributed by atoms with E-state index in [0.29, 0.717) is 17.8 Å². The van der Waals surface area contributed by atoms with Crippen LogP contribution in [0.4, 0.5) is 0 Å². The Balaban J connectivity index is 1.37. The Morgan fingerprint density at radius 2 is 2.07 bits per heavy atom. The Labute approximate surface area is 162 Å². The molecule has 0 radical (unpaired) electrons. The standard InChI is InChI=1S/C19H22N6OS/c1-27-14-7-9-16(20-11-14)18-21-19(26-23-18)12-6-8-15-17(10-12)25(24-22-15)13-4-2-3-5-13/h7,9,11-13H,2-6,8,10H2,1H3. The van der Waals surface area contributed by atoms with Crippen molar-refractivity contribution in [1.82, 2.24) is 30.1 Å². The lowest BCUT2D eigenvalue weighted by Crippen LogP contribution is -2.18. The average Bonchev–Trinajstić information content (AvgIpc) is 3.47. The van der Waals surface area contributed by atoms with Crippen molar-refractivity contribution in [2.24, 2.45) is 0 Å². The number of hydrogen-bond donors (Lipinski definition) is 0. The van der Waals surface area contributed by atoms with Crippen molar-refractivity contribution in [1.29, 1.82) is 0 Å². The highest BCUT2D eigenvalue weighted by molar-refractivity contribution is 7.98. The molecule has 8 heteroatoms. The quantitative estimate of drug-likeness (QED) is 0.634. The Kier molecular flexibility index (Phi) is 4.43. The van der Waals surface area contributed by atoms with Crippen molar-refractivity contribution in [3.63, 3.8) is 0 Å². The Morgan fingerprint density at radius 3 is 2.85 bits per heavy atom. The van der Waals surface area contributed by atoms with E-state index in [4.69, 9.17) is 4.52 Å². The second-order valence-corrected chi connectivity index (χ2v) is 8.22. The predicted octanol–water partition coefficient (Wildman–Crippen LogP) is 3.83. The first-order valence-electron chi connectivity index (χ1n) is 9.59. The van der Waals surface area contributed by atoms with Gasteiger partial charge < -0.3 is 4.52 Å². The van der Waals surface area contributed by atoms with Crippen molar-refractivity contribution < 1.29 is 4.52 Å². The van der Waals surface area contributed by atoms with Crippen LogP contribution in [0.1, 0.15) is 61.3 Å². The number of aromatic nitrogens is 6. The van der Waals surface area contributed by atoms with Gasteiger partial charge in [0.2, 0.25) is 11.7 Å². The van der Waals surface area contributed by atoms with E-state index in [1.54, 1.807) is 11.8 Å². The number of fused-ring (bicyclic) bond motifs is 1. The van der Waals surface area contributed by atoms with Crippen molar-refractivity contribution in [2.75, 3.05) is 6.26 Å². The lowest BCUT2D eigenvalue weighted by Gasteiger charge is -2.21. The van der Waals surface area contributed by atoms with Gasteiger partial charge in [-0.25, -0.2) is 4.68 Å². The third-order valence-corrected chi connectivity index (χ3v) is 6.42. The third kappa shape index (κ3) is 3.16. The summed E-state index contributed by atoms with van der Waals surface area (Å²) in [6.45, 7) is 0. The summed E-state index contributed by atoms with van der Waals surface area (Å²) < 4.78 is 7.79. The summed E-state index contributed by atoms with van der Waals surface area (Å²) in [5.74, 6) is 1.49. The van der Waals surface area contributed by atoms with Gasteiger partial charge in [-0.15, -0.1) is 16.9 Å². The summed E-state index contributed by atoms with van der Waals surface area (Å²) in [5, 5.41) is 13.1. The summed E-state index contributed by atoms with van der Waals surface area (Å²) in [5.41, 5.74) is 3.16. The normalized spacial score (nSPS) is 20.1. The molecule has 0 bridgehead atoms. The first-order valence-corrected chi connectivity index (χ1v) is 10.8. The molecule has 2 aliphatic rings. The molecule has 1 unspecified atom stereocenters. The maximum Gasteiger partial charge on any atom is 0.230 e. The molecule has 0 N–H and O–H groups in total. The molecule has 0 aromatic carbocycles. The van der Waals surface area contributed by atoms with Crippen LogP contribution in [-0.2, 0) is 12.8 Å². The number of aryl methyl sites for hydroxylation is 1. The first kappa shape index (κ1) is 16.9. The number of thioether (sulfide) groups is 1. The Hall–Kier alpha value is -2.22. The SMILES string of the molecule is CSc1ccc(-c2noc(C3CCc4nnn(C5CCCC5)c4C3)n2)nc1. The van der Waals surface area contributed by atoms with Crippen LogP contribution in [0.15, 0.2) is 27.7 Å². The molecule has 3 aromatic heterocycles. The van der Waals surface area contributed by atoms with E-state index in [1.165, 1.54) is 31.4 Å². The summed E-state index contributed by atoms with van der Waals surface area (Å²) in [4.78, 5) is 10.2. The monoisotopic (exact) mass is 382 g/mol. The molecule has 7 nitrogen and oxygen atoms in total. The number of nitrogens with zero attached hydrogens (tertiary/aromatic N) is 6. The van der Waals surface area contributed by atoms with E-state index >= 15 is 0 Å². The van der Waals surface area contributed by atoms with Gasteiger partial charge in [0.1, 0.15) is 5.69 Å². The minimum Gasteiger partial charge on any atom is -0.339 e. The van der Waals surface area contributed by atoms with Gasteiger partial charge in [-0.2, -0.15) is 4.98 Å². The fraction of sp³-hybridized carbons (Fsp3) is 0.526. The van der Waals surface area contributed by atoms with Gasteiger partial charge in [-0.05, 0) is 44.1 Å². The van der Waals surface area contributed by atoms with Crippen LogP contribution in [-0.4, -0.2) is 36.4 Å². The summed E-state index contributed by atoms with van der Waals surface area (Å²) in [6.07, 6.45) is 11.6. The molecule has 0 aliphatic heterocycles. The molecule has 3 heterocycles. The van der Waals surface area contributed by atoms with E-state index in [0.717, 1.165) is 35.5 Å². The van der Waals surface area contributed by atoms with E-state index < -0.39 is 0 Å². The second-order valence-electron chi connectivity index (χ2n) is 7.34. The van der Waals surface area contributed by atoms with E-state index in [1.807, 2.05) is 24.6 Å². The van der Waals surface area contributed by atoms with Crippen LogP contribution in [0.5, 0.6) is 0 Å². The van der Waals surface area contributed by atoms with Gasteiger partial charge >= 0.3 is 0 Å². The van der Waals surface area contributed by atoms with Crippen molar-refractivity contribution in [3.05, 3.63) is 35.6 Å². The van der Waals surface area contributed by atoms with Crippen LogP contribution in [0, 0.1) is 0 Å². The largest absolute Gasteiger partial charge is 0.339 e. The van der Waals surface area contributed by atoms with Gasteiger partial charge in [0.15, 0.2) is 0 Å². The van der Waals surface area contributed by atoms with Crippen LogP contribution in [0.25, 0.3) is 11.5 Å². The molecular formula is C19H22N6OS. The minimum absolute atomic E-state index is 0.225. The van der Waals surface area contributed by atoms with Gasteiger partial charge in [0, 0.05) is 23.4 Å². The lowest BCUT2D eigenvalue weighted by atomic mass is 9.89. The maximum atomic E-state index is 5.62. The zero-order valence-electron chi connectivity index (χ0n) is 15.3. The van der Waals surface area contributed by atoms with E-state index in [9.17, 15) is 0 Å². The zero-order chi connectivity index (χ0) is 18.2. The van der Waals surface area contributed by atoms with E-state index in [2.05, 4.69) is 30.1 Å². The van der Waals surface area contributed by atoms with Crippen LogP contribution < -0.4 is 0 Å². The molecular weight excluding hydrogens is 360 g/mol. The highest BCUT2D eigenvalue weighted by Gasteiger charge is 2.31. The Bertz CT molecular complexity index is 928. The molecule has 0 spiro atoms. The topological polar surface area (TPSA) is 82.5 Å². The summed E-state index contributed by atoms with van der Waals surface area (Å²) in [6, 6.07) is 4.48. The number of hydrogen-bond acceptors (Lipinski definition) is 7. The molecule has 1 saturated carbocycles. The zero-order valence-corrected chi connectivity index (χ0v) is 16.2. The fourth-order valence-corrected chi connectivity index (χ4v) is 4.55. The molecule has 0 amide bonds. The molecule has 2 aliphatic carbocycles. The smallest absolute Gasteiger partial charge is 0.230 e. The highest BCUT2D eigenvalue weighted by Crippen LogP contribution is 2.36. The average molecular weight is 382 g/mol. The molecule has 140 valence electrons. The van der Waals surface area contributed by atoms with Gasteiger partial charge in [-0.3, -0.25) is 4.98 Å². The van der Waals surface area contributed by atoms with Gasteiger partial charge in [-0.1, -0.05) is 23.2 Å². The fourth-order valence-electron chi connectivity index (χ4n) is 4.19. The van der Waals surface area contributed by atoms with Crippen LogP contribution in [0.3, 0.4) is 0 Å². The first-order chi connectivity index (χ1) is 13.3. The molecule has 3 aromatic rings. The number of pyridine rings is 1. The summed E-state index contributed by atoms with van der Waals surface area (Å²) >= 11 is 1.67. The van der Waals surface area contributed by atoms with Crippen molar-refractivity contribution >= 4 is 11.8 Å². The van der Waals surface area contributed by atoms with Crippen molar-refractivity contribution in [2.45, 2.75) is 61.8 Å². The van der Waals surface area contributed by atoms with Gasteiger partial charge in [0.05, 0.1) is 17.4 Å². The third-order valence-electron chi connectivity index (χ3n) is 5.70. The molecule has 1 fully saturated rings. The molecule has 0 saturated heterocycles. The van der Waals surface area contributed by atoms with Crippen LogP contribution >= 0.6 is 11.8 Å². The maximum absolute atomic E-state index is 5.62. The molecule has 5 rings (SSSR count). The van der Waals surface area contributed by atoms with Gasteiger partial charge in [0.25, 0.3) is 0 Å². The highest BCUT2D eigenvalue weighted by atomic mass is 32.2. The Morgan fingerprint density at radius 1 is 1.19 bits per heavy atom. The van der Waals surface area contributed by atoms with E-state index in [-0.39, 0.29) is 5.92 Å². The molecule has 1 atom stereocenters. The number of rotatable bonds is 4.